The zero-order valence-electron chi connectivity index (χ0n) is 10.0. The maximum Gasteiger partial charge on any atom is 0.174 e. The van der Waals surface area contributed by atoms with E-state index in [1.165, 1.54) is 6.07 Å². The molecule has 1 aromatic carbocycles. The third-order valence-corrected chi connectivity index (χ3v) is 4.14. The first kappa shape index (κ1) is 13.6. The Morgan fingerprint density at radius 1 is 1.33 bits per heavy atom. The van der Waals surface area contributed by atoms with Gasteiger partial charge in [-0.1, -0.05) is 6.92 Å². The molecular formula is C13H14BrF2NO. The van der Waals surface area contributed by atoms with Crippen LogP contribution in [0.5, 0.6) is 0 Å². The molecule has 1 aliphatic rings. The van der Waals surface area contributed by atoms with Crippen LogP contribution in [-0.4, -0.2) is 18.9 Å². The minimum Gasteiger partial charge on any atom is -0.317 e. The molecule has 0 radical (unpaired) electrons. The molecule has 2 nitrogen and oxygen atoms in total. The van der Waals surface area contributed by atoms with Gasteiger partial charge in [0.1, 0.15) is 5.82 Å². The van der Waals surface area contributed by atoms with E-state index >= 15 is 0 Å². The number of ketones is 1. The maximum atomic E-state index is 13.9. The van der Waals surface area contributed by atoms with Gasteiger partial charge in [-0.2, -0.15) is 0 Å². The number of benzene rings is 1. The zero-order valence-corrected chi connectivity index (χ0v) is 11.6. The molecule has 2 rings (SSSR count). The average Bonchev–Trinajstić information content (AvgIpc) is 2.35. The summed E-state index contributed by atoms with van der Waals surface area (Å²) in [6.45, 7) is 3.16. The summed E-state index contributed by atoms with van der Waals surface area (Å²) in [4.78, 5) is 12.4. The minimum atomic E-state index is -0.806. The van der Waals surface area contributed by atoms with Crippen molar-refractivity contribution >= 4 is 21.7 Å². The van der Waals surface area contributed by atoms with Crippen LogP contribution in [0.25, 0.3) is 0 Å². The molecule has 1 fully saturated rings. The molecule has 18 heavy (non-hydrogen) atoms. The fourth-order valence-corrected chi connectivity index (χ4v) is 2.57. The molecule has 0 aromatic heterocycles. The predicted octanol–water partition coefficient (Wildman–Crippen LogP) is 3.30. The van der Waals surface area contributed by atoms with Gasteiger partial charge in [-0.3, -0.25) is 4.79 Å². The lowest BCUT2D eigenvalue weighted by molar-refractivity contribution is 0.0752. The maximum absolute atomic E-state index is 13.9. The highest BCUT2D eigenvalue weighted by Crippen LogP contribution is 2.35. The number of Topliss-reactive ketones (excluding diaryl/α,β-unsaturated/α-hetero) is 1. The van der Waals surface area contributed by atoms with E-state index in [2.05, 4.69) is 21.2 Å². The number of carbonyl (C=O) groups is 1. The Balaban J connectivity index is 2.42. The molecule has 1 N–H and O–H groups in total. The molecule has 0 saturated carbocycles. The average molecular weight is 318 g/mol. The highest BCUT2D eigenvalue weighted by Gasteiger charge is 2.38. The molecular weight excluding hydrogens is 304 g/mol. The van der Waals surface area contributed by atoms with E-state index < -0.39 is 28.4 Å². The number of hydrogen-bond acceptors (Lipinski definition) is 2. The van der Waals surface area contributed by atoms with Gasteiger partial charge in [0.05, 0.1) is 10.0 Å². The van der Waals surface area contributed by atoms with Crippen molar-refractivity contribution in [2.24, 2.45) is 5.41 Å². The number of carbonyl (C=O) groups excluding carboxylic acids is 1. The van der Waals surface area contributed by atoms with Crippen LogP contribution in [-0.2, 0) is 0 Å². The molecule has 0 bridgehead atoms. The fraction of sp³-hybridized carbons (Fsp3) is 0.462. The van der Waals surface area contributed by atoms with E-state index in [4.69, 9.17) is 0 Å². The predicted molar refractivity (Wildman–Crippen MR) is 68.6 cm³/mol. The van der Waals surface area contributed by atoms with Gasteiger partial charge in [-0.25, -0.2) is 8.78 Å². The second-order valence-corrected chi connectivity index (χ2v) is 5.71. The Hall–Kier alpha value is -0.810. The molecule has 5 heteroatoms. The normalized spacial score (nSPS) is 18.7. The van der Waals surface area contributed by atoms with Crippen molar-refractivity contribution in [1.82, 2.24) is 5.32 Å². The van der Waals surface area contributed by atoms with Crippen molar-refractivity contribution in [1.29, 1.82) is 0 Å². The first-order chi connectivity index (χ1) is 8.46. The van der Waals surface area contributed by atoms with Crippen LogP contribution in [0.4, 0.5) is 8.78 Å². The van der Waals surface area contributed by atoms with E-state index in [9.17, 15) is 13.6 Å². The Morgan fingerprint density at radius 3 is 2.56 bits per heavy atom. The lowest BCUT2D eigenvalue weighted by Gasteiger charge is -2.32. The Kier molecular flexibility index (Phi) is 3.82. The first-order valence-corrected chi connectivity index (χ1v) is 6.64. The number of hydrogen-bond donors (Lipinski definition) is 1. The van der Waals surface area contributed by atoms with Crippen LogP contribution in [0.1, 0.15) is 30.1 Å². The Morgan fingerprint density at radius 2 is 1.94 bits per heavy atom. The zero-order chi connectivity index (χ0) is 13.3. The van der Waals surface area contributed by atoms with Gasteiger partial charge in [0, 0.05) is 5.41 Å². The molecule has 0 unspecified atom stereocenters. The van der Waals surface area contributed by atoms with Crippen molar-refractivity contribution in [3.63, 3.8) is 0 Å². The minimum absolute atomic E-state index is 0.116. The smallest absolute Gasteiger partial charge is 0.174 e. The van der Waals surface area contributed by atoms with Crippen LogP contribution in [0, 0.1) is 17.0 Å². The summed E-state index contributed by atoms with van der Waals surface area (Å²) < 4.78 is 27.7. The fourth-order valence-electron chi connectivity index (χ4n) is 2.24. The van der Waals surface area contributed by atoms with Crippen molar-refractivity contribution in [3.8, 4) is 0 Å². The highest BCUT2D eigenvalue weighted by molar-refractivity contribution is 9.10. The summed E-state index contributed by atoms with van der Waals surface area (Å²) in [6.07, 6.45) is 1.19. The van der Waals surface area contributed by atoms with Gasteiger partial charge in [-0.05, 0) is 54.0 Å². The Bertz CT molecular complexity index is 484. The van der Waals surface area contributed by atoms with Crippen LogP contribution in [0.15, 0.2) is 16.6 Å². The molecule has 1 aromatic rings. The van der Waals surface area contributed by atoms with E-state index in [0.717, 1.165) is 6.07 Å². The Labute approximate surface area is 113 Å². The number of halogens is 3. The summed E-state index contributed by atoms with van der Waals surface area (Å²) in [6, 6.07) is 2.39. The summed E-state index contributed by atoms with van der Waals surface area (Å²) in [5.74, 6) is -2.04. The van der Waals surface area contributed by atoms with Gasteiger partial charge in [0.2, 0.25) is 0 Å². The molecule has 0 spiro atoms. The van der Waals surface area contributed by atoms with Crippen molar-refractivity contribution in [2.75, 3.05) is 13.1 Å². The number of piperidine rings is 1. The lowest BCUT2D eigenvalue weighted by atomic mass is 9.75. The van der Waals surface area contributed by atoms with Gasteiger partial charge in [0.15, 0.2) is 11.6 Å². The third-order valence-electron chi connectivity index (χ3n) is 3.53. The highest BCUT2D eigenvalue weighted by atomic mass is 79.9. The van der Waals surface area contributed by atoms with Crippen LogP contribution < -0.4 is 5.32 Å². The summed E-state index contributed by atoms with van der Waals surface area (Å²) in [7, 11) is 0. The summed E-state index contributed by atoms with van der Waals surface area (Å²) in [5, 5.41) is 3.14. The molecule has 0 atom stereocenters. The second-order valence-electron chi connectivity index (χ2n) is 4.86. The number of rotatable bonds is 2. The molecule has 1 saturated heterocycles. The molecule has 1 heterocycles. The number of nitrogens with one attached hydrogen (secondary N) is 1. The molecule has 0 amide bonds. The largest absolute Gasteiger partial charge is 0.317 e. The van der Waals surface area contributed by atoms with Crippen molar-refractivity contribution in [3.05, 3.63) is 33.8 Å². The monoisotopic (exact) mass is 317 g/mol. The lowest BCUT2D eigenvalue weighted by Crippen LogP contribution is -2.40. The van der Waals surface area contributed by atoms with Gasteiger partial charge in [0.25, 0.3) is 0 Å². The van der Waals surface area contributed by atoms with Gasteiger partial charge in [-0.15, -0.1) is 0 Å². The second kappa shape index (κ2) is 5.05. The van der Waals surface area contributed by atoms with Crippen LogP contribution in [0.3, 0.4) is 0 Å². The first-order valence-electron chi connectivity index (χ1n) is 5.85. The van der Waals surface area contributed by atoms with E-state index in [1.54, 1.807) is 6.92 Å². The molecule has 98 valence electrons. The third kappa shape index (κ3) is 2.34. The van der Waals surface area contributed by atoms with Crippen molar-refractivity contribution in [2.45, 2.75) is 19.8 Å². The topological polar surface area (TPSA) is 29.1 Å². The SMILES string of the molecule is CC1(C(=O)c2c(F)ccc(Br)c2F)CCNCC1. The van der Waals surface area contributed by atoms with E-state index in [1.807, 2.05) is 0 Å². The van der Waals surface area contributed by atoms with Gasteiger partial charge >= 0.3 is 0 Å². The van der Waals surface area contributed by atoms with Crippen LogP contribution >= 0.6 is 15.9 Å². The van der Waals surface area contributed by atoms with Gasteiger partial charge < -0.3 is 5.32 Å². The van der Waals surface area contributed by atoms with E-state index in [0.29, 0.717) is 25.9 Å². The summed E-state index contributed by atoms with van der Waals surface area (Å²) in [5.41, 5.74) is -1.11. The van der Waals surface area contributed by atoms with Crippen molar-refractivity contribution < 1.29 is 13.6 Å². The summed E-state index contributed by atoms with van der Waals surface area (Å²) >= 11 is 2.98. The standard InChI is InChI=1S/C13H14BrF2NO/c1-13(4-6-17-7-5-13)12(18)10-9(15)3-2-8(14)11(10)16/h2-3,17H,4-7H2,1H3. The quantitative estimate of drug-likeness (QED) is 0.670. The van der Waals surface area contributed by atoms with Crippen LogP contribution in [0.2, 0.25) is 0 Å². The van der Waals surface area contributed by atoms with E-state index in [-0.39, 0.29) is 4.47 Å². The molecule has 0 aliphatic carbocycles. The molecule has 1 aliphatic heterocycles.